The highest BCUT2D eigenvalue weighted by molar-refractivity contribution is 5.76. The lowest BCUT2D eigenvalue weighted by Gasteiger charge is -2.12. The van der Waals surface area contributed by atoms with Crippen molar-refractivity contribution in [1.29, 1.82) is 0 Å². The number of nitrogens with zero attached hydrogens (tertiary/aromatic N) is 3. The van der Waals surface area contributed by atoms with E-state index in [9.17, 15) is 4.79 Å². The Hall–Kier alpha value is -2.05. The number of rotatable bonds is 5. The third-order valence-corrected chi connectivity index (χ3v) is 2.17. The third-order valence-electron chi connectivity index (χ3n) is 2.17. The Morgan fingerprint density at radius 2 is 2.24 bits per heavy atom. The molecule has 0 saturated heterocycles. The van der Waals surface area contributed by atoms with Gasteiger partial charge in [-0.2, -0.15) is 0 Å². The smallest absolute Gasteiger partial charge is 0.223 e. The highest BCUT2D eigenvalue weighted by atomic mass is 16.5. The Balaban J connectivity index is 2.58. The number of hydrogen-bond donors (Lipinski definition) is 2. The van der Waals surface area contributed by atoms with E-state index in [4.69, 9.17) is 10.5 Å². The highest BCUT2D eigenvalue weighted by Crippen LogP contribution is 2.25. The summed E-state index contributed by atoms with van der Waals surface area (Å²) in [6.45, 7) is 0.462. The van der Waals surface area contributed by atoms with Crippen LogP contribution in [0.1, 0.15) is 6.42 Å². The number of carbonyl (C=O) groups excluding carboxylic acids is 1. The molecule has 1 aromatic rings. The lowest BCUT2D eigenvalue weighted by atomic mass is 10.3. The van der Waals surface area contributed by atoms with Crippen LogP contribution < -0.4 is 15.8 Å². The summed E-state index contributed by atoms with van der Waals surface area (Å²) >= 11 is 0. The average molecular weight is 239 g/mol. The van der Waals surface area contributed by atoms with E-state index in [1.807, 2.05) is 0 Å². The number of ether oxygens (including phenoxy) is 1. The van der Waals surface area contributed by atoms with E-state index in [0.717, 1.165) is 0 Å². The fourth-order valence-electron chi connectivity index (χ4n) is 1.23. The van der Waals surface area contributed by atoms with Gasteiger partial charge < -0.3 is 20.7 Å². The summed E-state index contributed by atoms with van der Waals surface area (Å²) < 4.78 is 5.07. The van der Waals surface area contributed by atoms with Gasteiger partial charge in [-0.25, -0.2) is 9.97 Å². The van der Waals surface area contributed by atoms with Gasteiger partial charge in [-0.05, 0) is 0 Å². The number of methoxy groups -OCH3 is 1. The molecular weight excluding hydrogens is 222 g/mol. The van der Waals surface area contributed by atoms with Gasteiger partial charge in [0.2, 0.25) is 11.7 Å². The van der Waals surface area contributed by atoms with Crippen LogP contribution in [0.25, 0.3) is 0 Å². The van der Waals surface area contributed by atoms with Crippen molar-refractivity contribution in [3.63, 3.8) is 0 Å². The second-order valence-electron chi connectivity index (χ2n) is 3.61. The number of nitrogens with one attached hydrogen (secondary N) is 1. The predicted octanol–water partition coefficient (Wildman–Crippen LogP) is -0.0424. The van der Waals surface area contributed by atoms with Gasteiger partial charge >= 0.3 is 0 Å². The minimum absolute atomic E-state index is 0.0403. The Bertz CT molecular complexity index is 394. The zero-order valence-electron chi connectivity index (χ0n) is 10.2. The van der Waals surface area contributed by atoms with E-state index in [0.29, 0.717) is 24.5 Å². The van der Waals surface area contributed by atoms with Crippen molar-refractivity contribution in [3.8, 4) is 5.75 Å². The molecule has 0 aliphatic heterocycles. The first-order valence-electron chi connectivity index (χ1n) is 5.14. The van der Waals surface area contributed by atoms with Crippen molar-refractivity contribution in [2.24, 2.45) is 0 Å². The molecule has 7 nitrogen and oxygen atoms in total. The summed E-state index contributed by atoms with van der Waals surface area (Å²) in [5.74, 6) is 1.19. The van der Waals surface area contributed by atoms with Crippen LogP contribution in [0, 0.1) is 0 Å². The van der Waals surface area contributed by atoms with Crippen molar-refractivity contribution >= 4 is 17.5 Å². The van der Waals surface area contributed by atoms with Crippen LogP contribution in [-0.4, -0.2) is 48.5 Å². The van der Waals surface area contributed by atoms with Crippen molar-refractivity contribution < 1.29 is 9.53 Å². The van der Waals surface area contributed by atoms with E-state index in [2.05, 4.69) is 15.3 Å². The summed E-state index contributed by atoms with van der Waals surface area (Å²) in [6, 6.07) is 0. The zero-order valence-corrected chi connectivity index (χ0v) is 10.2. The van der Waals surface area contributed by atoms with Gasteiger partial charge in [0.05, 0.1) is 7.11 Å². The minimum atomic E-state index is 0.0403. The second kappa shape index (κ2) is 5.88. The molecule has 1 amide bonds. The summed E-state index contributed by atoms with van der Waals surface area (Å²) in [5, 5.41) is 2.99. The van der Waals surface area contributed by atoms with Gasteiger partial charge in [0, 0.05) is 27.1 Å². The molecule has 1 heterocycles. The van der Waals surface area contributed by atoms with Crippen LogP contribution in [0.4, 0.5) is 11.6 Å². The van der Waals surface area contributed by atoms with E-state index in [1.165, 1.54) is 18.3 Å². The van der Waals surface area contributed by atoms with Gasteiger partial charge in [-0.1, -0.05) is 0 Å². The molecular formula is C10H17N5O2. The van der Waals surface area contributed by atoms with Gasteiger partial charge in [0.25, 0.3) is 0 Å². The second-order valence-corrected chi connectivity index (χ2v) is 3.61. The number of aromatic nitrogens is 2. The van der Waals surface area contributed by atoms with E-state index in [-0.39, 0.29) is 11.7 Å². The topological polar surface area (TPSA) is 93.4 Å². The first-order chi connectivity index (χ1) is 8.06. The van der Waals surface area contributed by atoms with E-state index in [1.54, 1.807) is 14.1 Å². The number of anilines is 2. The van der Waals surface area contributed by atoms with Crippen molar-refractivity contribution in [2.75, 3.05) is 38.8 Å². The van der Waals surface area contributed by atoms with Gasteiger partial charge in [0.15, 0.2) is 11.6 Å². The Labute approximate surface area is 100.0 Å². The fraction of sp³-hybridized carbons (Fsp3) is 0.500. The summed E-state index contributed by atoms with van der Waals surface area (Å²) in [6.07, 6.45) is 1.72. The SMILES string of the molecule is COc1c(N)ncnc1NCCC(=O)N(C)C. The first kappa shape index (κ1) is 13.0. The lowest BCUT2D eigenvalue weighted by Crippen LogP contribution is -2.24. The van der Waals surface area contributed by atoms with Crippen LogP contribution >= 0.6 is 0 Å². The zero-order chi connectivity index (χ0) is 12.8. The lowest BCUT2D eigenvalue weighted by molar-refractivity contribution is -0.128. The van der Waals surface area contributed by atoms with Crippen LogP contribution in [0.3, 0.4) is 0 Å². The summed E-state index contributed by atoms with van der Waals surface area (Å²) in [4.78, 5) is 20.7. The quantitative estimate of drug-likeness (QED) is 0.748. The number of carbonyl (C=O) groups is 1. The largest absolute Gasteiger partial charge is 0.490 e. The molecule has 0 fully saturated rings. The molecule has 1 rings (SSSR count). The van der Waals surface area contributed by atoms with Crippen LogP contribution in [0.15, 0.2) is 6.33 Å². The number of nitrogens with two attached hydrogens (primary N) is 1. The molecule has 0 unspecified atom stereocenters. The summed E-state index contributed by atoms with van der Waals surface area (Å²) in [5.41, 5.74) is 5.62. The Morgan fingerprint density at radius 3 is 2.82 bits per heavy atom. The standard InChI is InChI=1S/C10H17N5O2/c1-15(2)7(16)4-5-12-10-8(17-3)9(11)13-6-14-10/h6H,4-5H2,1-3H3,(H3,11,12,13,14). The fourth-order valence-corrected chi connectivity index (χ4v) is 1.23. The molecule has 0 aromatic carbocycles. The Kier molecular flexibility index (Phi) is 4.50. The maximum Gasteiger partial charge on any atom is 0.223 e. The monoisotopic (exact) mass is 239 g/mol. The maximum atomic E-state index is 11.4. The van der Waals surface area contributed by atoms with Crippen LogP contribution in [-0.2, 0) is 4.79 Å². The molecule has 0 aliphatic carbocycles. The molecule has 0 aliphatic rings. The predicted molar refractivity (Wildman–Crippen MR) is 64.8 cm³/mol. The van der Waals surface area contributed by atoms with Crippen LogP contribution in [0.5, 0.6) is 5.75 Å². The Morgan fingerprint density at radius 1 is 1.53 bits per heavy atom. The molecule has 0 spiro atoms. The van der Waals surface area contributed by atoms with Gasteiger partial charge in [0.1, 0.15) is 6.33 Å². The van der Waals surface area contributed by atoms with Gasteiger partial charge in [-0.15, -0.1) is 0 Å². The first-order valence-corrected chi connectivity index (χ1v) is 5.14. The van der Waals surface area contributed by atoms with E-state index < -0.39 is 0 Å². The minimum Gasteiger partial charge on any atom is -0.490 e. The van der Waals surface area contributed by atoms with Crippen LogP contribution in [0.2, 0.25) is 0 Å². The molecule has 17 heavy (non-hydrogen) atoms. The molecule has 3 N–H and O–H groups in total. The highest BCUT2D eigenvalue weighted by Gasteiger charge is 2.10. The molecule has 0 saturated carbocycles. The third kappa shape index (κ3) is 3.47. The maximum absolute atomic E-state index is 11.4. The van der Waals surface area contributed by atoms with Crippen molar-refractivity contribution in [2.45, 2.75) is 6.42 Å². The summed E-state index contributed by atoms with van der Waals surface area (Å²) in [7, 11) is 4.92. The normalized spacial score (nSPS) is 9.82. The number of nitrogen functional groups attached to an aromatic ring is 1. The molecule has 7 heteroatoms. The van der Waals surface area contributed by atoms with Crippen molar-refractivity contribution in [3.05, 3.63) is 6.33 Å². The number of hydrogen-bond acceptors (Lipinski definition) is 6. The van der Waals surface area contributed by atoms with Gasteiger partial charge in [-0.3, -0.25) is 4.79 Å². The molecule has 94 valence electrons. The van der Waals surface area contributed by atoms with Crippen molar-refractivity contribution in [1.82, 2.24) is 14.9 Å². The van der Waals surface area contributed by atoms with E-state index >= 15 is 0 Å². The number of amides is 1. The molecule has 0 atom stereocenters. The average Bonchev–Trinajstić information content (AvgIpc) is 2.29. The molecule has 0 bridgehead atoms. The molecule has 1 aromatic heterocycles. The molecule has 0 radical (unpaired) electrons.